The summed E-state index contributed by atoms with van der Waals surface area (Å²) in [5, 5.41) is 14.2. The summed E-state index contributed by atoms with van der Waals surface area (Å²) in [4.78, 5) is 36.6. The minimum atomic E-state index is -1.08. The molecule has 1 heterocycles. The molecule has 1 fully saturated rings. The van der Waals surface area contributed by atoms with Crippen LogP contribution in [0.3, 0.4) is 0 Å². The third-order valence-corrected chi connectivity index (χ3v) is 3.44. The van der Waals surface area contributed by atoms with Gasteiger partial charge in [0.2, 0.25) is 5.91 Å². The lowest BCUT2D eigenvalue weighted by Crippen LogP contribution is -2.56. The number of likely N-dealkylation sites (tertiary alicyclic amines) is 1. The Labute approximate surface area is 118 Å². The summed E-state index contributed by atoms with van der Waals surface area (Å²) in [7, 11) is 1.52. The fourth-order valence-electron chi connectivity index (χ4n) is 2.30. The van der Waals surface area contributed by atoms with Crippen molar-refractivity contribution in [3.63, 3.8) is 0 Å². The van der Waals surface area contributed by atoms with Gasteiger partial charge in [-0.05, 0) is 18.3 Å². The Morgan fingerprint density at radius 2 is 1.90 bits per heavy atom. The number of carboxylic acids is 1. The predicted molar refractivity (Wildman–Crippen MR) is 73.2 cm³/mol. The maximum Gasteiger partial charge on any atom is 0.326 e. The van der Waals surface area contributed by atoms with Crippen LogP contribution in [0, 0.1) is 5.41 Å². The molecule has 0 bridgehead atoms. The second-order valence-electron chi connectivity index (χ2n) is 6.05. The van der Waals surface area contributed by atoms with E-state index in [4.69, 9.17) is 0 Å². The number of amides is 3. The highest BCUT2D eigenvalue weighted by Crippen LogP contribution is 2.22. The van der Waals surface area contributed by atoms with Crippen molar-refractivity contribution >= 4 is 17.9 Å². The highest BCUT2D eigenvalue weighted by atomic mass is 16.4. The third kappa shape index (κ3) is 3.61. The molecule has 0 aromatic heterocycles. The zero-order valence-corrected chi connectivity index (χ0v) is 12.4. The van der Waals surface area contributed by atoms with E-state index in [1.165, 1.54) is 11.9 Å². The third-order valence-electron chi connectivity index (χ3n) is 3.44. The monoisotopic (exact) mass is 285 g/mol. The fourth-order valence-corrected chi connectivity index (χ4v) is 2.30. The normalized spacial score (nSPS) is 20.4. The summed E-state index contributed by atoms with van der Waals surface area (Å²) in [5.41, 5.74) is -0.607. The van der Waals surface area contributed by atoms with Gasteiger partial charge in [0, 0.05) is 13.6 Å². The Balaban J connectivity index is 2.79. The largest absolute Gasteiger partial charge is 0.480 e. The van der Waals surface area contributed by atoms with Crippen LogP contribution in [0.5, 0.6) is 0 Å². The molecular weight excluding hydrogens is 262 g/mol. The van der Waals surface area contributed by atoms with E-state index in [1.54, 1.807) is 20.8 Å². The molecule has 20 heavy (non-hydrogen) atoms. The van der Waals surface area contributed by atoms with Crippen LogP contribution in [0.25, 0.3) is 0 Å². The minimum Gasteiger partial charge on any atom is -0.480 e. The van der Waals surface area contributed by atoms with E-state index < -0.39 is 29.5 Å². The number of carbonyl (C=O) groups excluding carboxylic acids is 2. The van der Waals surface area contributed by atoms with Crippen molar-refractivity contribution in [2.24, 2.45) is 5.41 Å². The number of carbonyl (C=O) groups is 3. The van der Waals surface area contributed by atoms with E-state index in [0.29, 0.717) is 13.0 Å². The highest BCUT2D eigenvalue weighted by molar-refractivity contribution is 5.89. The van der Waals surface area contributed by atoms with Crippen LogP contribution in [-0.2, 0) is 9.59 Å². The van der Waals surface area contributed by atoms with E-state index in [2.05, 4.69) is 10.6 Å². The van der Waals surface area contributed by atoms with Gasteiger partial charge in [-0.25, -0.2) is 9.59 Å². The van der Waals surface area contributed by atoms with Gasteiger partial charge in [-0.2, -0.15) is 0 Å². The van der Waals surface area contributed by atoms with Crippen LogP contribution >= 0.6 is 0 Å². The molecule has 0 spiro atoms. The van der Waals surface area contributed by atoms with Crippen molar-refractivity contribution in [1.82, 2.24) is 15.5 Å². The smallest absolute Gasteiger partial charge is 0.326 e. The Hall–Kier alpha value is -1.79. The number of likely N-dealkylation sites (N-methyl/N-ethyl adjacent to an activating group) is 1. The lowest BCUT2D eigenvalue weighted by molar-refractivity contribution is -0.142. The Kier molecular flexibility index (Phi) is 4.97. The number of hydrogen-bond donors (Lipinski definition) is 3. The quantitative estimate of drug-likeness (QED) is 0.699. The molecule has 0 aromatic rings. The minimum absolute atomic E-state index is 0.222. The van der Waals surface area contributed by atoms with Crippen LogP contribution in [0.4, 0.5) is 4.79 Å². The molecule has 1 aliphatic rings. The van der Waals surface area contributed by atoms with Crippen molar-refractivity contribution in [3.05, 3.63) is 0 Å². The zero-order valence-electron chi connectivity index (χ0n) is 12.4. The van der Waals surface area contributed by atoms with Gasteiger partial charge in [-0.15, -0.1) is 0 Å². The molecule has 0 radical (unpaired) electrons. The molecule has 7 nitrogen and oxygen atoms in total. The molecule has 114 valence electrons. The molecule has 1 rings (SSSR count). The number of hydrogen-bond acceptors (Lipinski definition) is 3. The fraction of sp³-hybridized carbons (Fsp3) is 0.769. The SMILES string of the molecule is CNC(=O)C1CCCN1C(=O)NC(C(=O)O)C(C)(C)C. The molecule has 1 aliphatic heterocycles. The predicted octanol–water partition coefficient (Wildman–Crippen LogP) is 0.406. The highest BCUT2D eigenvalue weighted by Gasteiger charge is 2.38. The average Bonchev–Trinajstić information content (AvgIpc) is 2.81. The second kappa shape index (κ2) is 6.11. The van der Waals surface area contributed by atoms with E-state index in [-0.39, 0.29) is 5.91 Å². The lowest BCUT2D eigenvalue weighted by Gasteiger charge is -2.31. The summed E-state index contributed by atoms with van der Waals surface area (Å²) < 4.78 is 0. The van der Waals surface area contributed by atoms with Crippen molar-refractivity contribution < 1.29 is 19.5 Å². The van der Waals surface area contributed by atoms with Crippen molar-refractivity contribution in [3.8, 4) is 0 Å². The molecular formula is C13H23N3O4. The molecule has 3 N–H and O–H groups in total. The van der Waals surface area contributed by atoms with Gasteiger partial charge in [0.25, 0.3) is 0 Å². The van der Waals surface area contributed by atoms with E-state index >= 15 is 0 Å². The number of nitrogens with zero attached hydrogens (tertiary/aromatic N) is 1. The molecule has 0 aliphatic carbocycles. The first kappa shape index (κ1) is 16.3. The van der Waals surface area contributed by atoms with Crippen LogP contribution in [0.15, 0.2) is 0 Å². The van der Waals surface area contributed by atoms with E-state index in [1.807, 2.05) is 0 Å². The maximum atomic E-state index is 12.2. The van der Waals surface area contributed by atoms with Crippen LogP contribution < -0.4 is 10.6 Å². The first-order chi connectivity index (χ1) is 9.18. The Bertz CT molecular complexity index is 403. The summed E-state index contributed by atoms with van der Waals surface area (Å²) in [6.07, 6.45) is 1.33. The molecule has 3 amide bonds. The van der Waals surface area contributed by atoms with Gasteiger partial charge in [0.15, 0.2) is 0 Å². The molecule has 1 saturated heterocycles. The van der Waals surface area contributed by atoms with Gasteiger partial charge >= 0.3 is 12.0 Å². The van der Waals surface area contributed by atoms with Crippen LogP contribution in [0.2, 0.25) is 0 Å². The summed E-state index contributed by atoms with van der Waals surface area (Å²) in [5.74, 6) is -1.30. The number of rotatable bonds is 3. The van der Waals surface area contributed by atoms with Gasteiger partial charge < -0.3 is 20.6 Å². The number of carboxylic acid groups (broad SMARTS) is 1. The van der Waals surface area contributed by atoms with Crippen LogP contribution in [-0.4, -0.2) is 53.6 Å². The van der Waals surface area contributed by atoms with Crippen LogP contribution in [0.1, 0.15) is 33.6 Å². The maximum absolute atomic E-state index is 12.2. The van der Waals surface area contributed by atoms with Gasteiger partial charge in [0.05, 0.1) is 0 Å². The molecule has 0 aromatic carbocycles. The van der Waals surface area contributed by atoms with Gasteiger partial charge in [-0.1, -0.05) is 20.8 Å². The van der Waals surface area contributed by atoms with Gasteiger partial charge in [0.1, 0.15) is 12.1 Å². The standard InChI is InChI=1S/C13H23N3O4/c1-13(2,3)9(11(18)19)15-12(20)16-7-5-6-8(16)10(17)14-4/h8-9H,5-7H2,1-4H3,(H,14,17)(H,15,20)(H,18,19). The van der Waals surface area contributed by atoms with Gasteiger partial charge in [-0.3, -0.25) is 4.79 Å². The topological polar surface area (TPSA) is 98.7 Å². The van der Waals surface area contributed by atoms with Crippen molar-refractivity contribution in [1.29, 1.82) is 0 Å². The second-order valence-corrected chi connectivity index (χ2v) is 6.05. The number of aliphatic carboxylic acids is 1. The van der Waals surface area contributed by atoms with E-state index in [9.17, 15) is 19.5 Å². The van der Waals surface area contributed by atoms with Crippen molar-refractivity contribution in [2.45, 2.75) is 45.7 Å². The average molecular weight is 285 g/mol. The summed E-state index contributed by atoms with van der Waals surface area (Å²) in [6, 6.07) is -2.02. The summed E-state index contributed by atoms with van der Waals surface area (Å²) in [6.45, 7) is 5.69. The lowest BCUT2D eigenvalue weighted by atomic mass is 9.87. The molecule has 0 saturated carbocycles. The molecule has 7 heteroatoms. The first-order valence-electron chi connectivity index (χ1n) is 6.70. The molecule has 2 unspecified atom stereocenters. The Morgan fingerprint density at radius 3 is 2.35 bits per heavy atom. The number of urea groups is 1. The van der Waals surface area contributed by atoms with E-state index in [0.717, 1.165) is 6.42 Å². The number of nitrogens with one attached hydrogen (secondary N) is 2. The van der Waals surface area contributed by atoms with Crippen molar-refractivity contribution in [2.75, 3.05) is 13.6 Å². The summed E-state index contributed by atoms with van der Waals surface area (Å²) >= 11 is 0. The zero-order chi connectivity index (χ0) is 15.5. The molecule has 2 atom stereocenters. The Morgan fingerprint density at radius 1 is 1.30 bits per heavy atom. The first-order valence-corrected chi connectivity index (χ1v) is 6.70.